The van der Waals surface area contributed by atoms with Gasteiger partial charge in [0.2, 0.25) is 0 Å². The summed E-state index contributed by atoms with van der Waals surface area (Å²) in [6.07, 6.45) is 5.48. The average molecular weight is 156 g/mol. The van der Waals surface area contributed by atoms with Crippen molar-refractivity contribution in [3.05, 3.63) is 12.2 Å². The maximum Gasteiger partial charge on any atom is 0.177 e. The Hall–Kier alpha value is -0.340. The summed E-state index contributed by atoms with van der Waals surface area (Å²) in [5.41, 5.74) is 0. The minimum absolute atomic E-state index is 0.126. The number of hydrogen-bond acceptors (Lipinski definition) is 2. The highest BCUT2D eigenvalue weighted by atomic mass is 16.7. The first-order valence-electron chi connectivity index (χ1n) is 4.16. The van der Waals surface area contributed by atoms with Gasteiger partial charge in [-0.15, -0.1) is 0 Å². The summed E-state index contributed by atoms with van der Waals surface area (Å²) in [6.45, 7) is 6.08. The second-order valence-electron chi connectivity index (χ2n) is 3.16. The van der Waals surface area contributed by atoms with E-state index in [2.05, 4.69) is 13.0 Å². The van der Waals surface area contributed by atoms with Crippen LogP contribution in [0.1, 0.15) is 27.2 Å². The molecule has 0 aromatic carbocycles. The summed E-state index contributed by atoms with van der Waals surface area (Å²) in [4.78, 5) is 0. The van der Waals surface area contributed by atoms with E-state index in [1.54, 1.807) is 0 Å². The quantitative estimate of drug-likeness (QED) is 0.570. The Morgan fingerprint density at radius 3 is 2.82 bits per heavy atom. The molecule has 2 nitrogen and oxygen atoms in total. The van der Waals surface area contributed by atoms with Crippen molar-refractivity contribution < 1.29 is 9.47 Å². The van der Waals surface area contributed by atoms with Gasteiger partial charge in [0.25, 0.3) is 0 Å². The molecule has 2 atom stereocenters. The van der Waals surface area contributed by atoms with Crippen LogP contribution in [0.4, 0.5) is 0 Å². The first-order chi connectivity index (χ1) is 5.18. The van der Waals surface area contributed by atoms with Crippen LogP contribution >= 0.6 is 0 Å². The van der Waals surface area contributed by atoms with E-state index >= 15 is 0 Å². The molecule has 0 aromatic heterocycles. The van der Waals surface area contributed by atoms with Gasteiger partial charge in [0, 0.05) is 0 Å². The second kappa shape index (κ2) is 3.88. The smallest absolute Gasteiger partial charge is 0.177 e. The highest BCUT2D eigenvalue weighted by Gasteiger charge is 2.15. The number of rotatable bonds is 2. The van der Waals surface area contributed by atoms with Crippen LogP contribution in [-0.4, -0.2) is 18.5 Å². The molecule has 64 valence electrons. The van der Waals surface area contributed by atoms with Gasteiger partial charge in [0.1, 0.15) is 0 Å². The first kappa shape index (κ1) is 8.75. The molecule has 0 fully saturated rings. The van der Waals surface area contributed by atoms with Crippen LogP contribution in [0.2, 0.25) is 0 Å². The largest absolute Gasteiger partial charge is 0.346 e. The van der Waals surface area contributed by atoms with Gasteiger partial charge >= 0.3 is 0 Å². The minimum Gasteiger partial charge on any atom is -0.346 e. The van der Waals surface area contributed by atoms with Crippen molar-refractivity contribution in [3.63, 3.8) is 0 Å². The van der Waals surface area contributed by atoms with Gasteiger partial charge < -0.3 is 9.47 Å². The third kappa shape index (κ3) is 3.04. The predicted octanol–water partition coefficient (Wildman–Crippen LogP) is 2.10. The van der Waals surface area contributed by atoms with Crippen molar-refractivity contribution in [2.45, 2.75) is 45.7 Å². The molecule has 0 radical (unpaired) electrons. The van der Waals surface area contributed by atoms with Gasteiger partial charge in [-0.1, -0.05) is 6.08 Å². The molecule has 1 aliphatic rings. The Kier molecular flexibility index (Phi) is 3.09. The Labute approximate surface area is 68.2 Å². The fraction of sp³-hybridized carbons (Fsp3) is 0.778. The normalized spacial score (nSPS) is 31.3. The Balaban J connectivity index is 2.34. The highest BCUT2D eigenvalue weighted by Crippen LogP contribution is 2.13. The lowest BCUT2D eigenvalue weighted by Crippen LogP contribution is -2.26. The molecule has 0 spiro atoms. The molecule has 0 bridgehead atoms. The molecule has 0 amide bonds. The molecule has 11 heavy (non-hydrogen) atoms. The molecular formula is C9H16O2. The fourth-order valence-electron chi connectivity index (χ4n) is 1.06. The zero-order valence-corrected chi connectivity index (χ0v) is 7.41. The molecule has 0 saturated heterocycles. The topological polar surface area (TPSA) is 18.5 Å². The Morgan fingerprint density at radius 2 is 2.27 bits per heavy atom. The number of hydrogen-bond donors (Lipinski definition) is 0. The van der Waals surface area contributed by atoms with Crippen LogP contribution in [0.5, 0.6) is 0 Å². The van der Waals surface area contributed by atoms with Gasteiger partial charge in [-0.05, 0) is 33.3 Å². The zero-order chi connectivity index (χ0) is 8.27. The van der Waals surface area contributed by atoms with Crippen molar-refractivity contribution >= 4 is 0 Å². The van der Waals surface area contributed by atoms with E-state index in [4.69, 9.17) is 9.47 Å². The summed E-state index contributed by atoms with van der Waals surface area (Å²) < 4.78 is 10.9. The zero-order valence-electron chi connectivity index (χ0n) is 7.41. The highest BCUT2D eigenvalue weighted by molar-refractivity contribution is 4.91. The molecule has 1 heterocycles. The Morgan fingerprint density at radius 1 is 1.55 bits per heavy atom. The van der Waals surface area contributed by atoms with E-state index in [0.29, 0.717) is 6.10 Å². The van der Waals surface area contributed by atoms with Crippen molar-refractivity contribution in [1.29, 1.82) is 0 Å². The molecular weight excluding hydrogens is 140 g/mol. The lowest BCUT2D eigenvalue weighted by molar-refractivity contribution is -0.161. The lowest BCUT2D eigenvalue weighted by atomic mass is 10.2. The summed E-state index contributed by atoms with van der Waals surface area (Å²) in [5, 5.41) is 0. The molecule has 1 rings (SSSR count). The monoisotopic (exact) mass is 156 g/mol. The maximum atomic E-state index is 5.49. The molecule has 0 unspecified atom stereocenters. The molecule has 0 N–H and O–H groups in total. The first-order valence-corrected chi connectivity index (χ1v) is 4.16. The van der Waals surface area contributed by atoms with E-state index in [9.17, 15) is 0 Å². The van der Waals surface area contributed by atoms with Gasteiger partial charge in [0.05, 0.1) is 12.2 Å². The van der Waals surface area contributed by atoms with Crippen LogP contribution in [-0.2, 0) is 9.47 Å². The summed E-state index contributed by atoms with van der Waals surface area (Å²) in [5.74, 6) is 0. The molecule has 0 saturated carbocycles. The SMILES string of the molecule is CC(C)O[C@@H]1C=CC[C@@H](C)O1. The van der Waals surface area contributed by atoms with Gasteiger partial charge in [0.15, 0.2) is 6.29 Å². The van der Waals surface area contributed by atoms with E-state index in [1.807, 2.05) is 19.9 Å². The molecule has 0 aliphatic carbocycles. The van der Waals surface area contributed by atoms with Crippen molar-refractivity contribution in [2.75, 3.05) is 0 Å². The van der Waals surface area contributed by atoms with Crippen molar-refractivity contribution in [1.82, 2.24) is 0 Å². The second-order valence-corrected chi connectivity index (χ2v) is 3.16. The molecule has 0 aromatic rings. The minimum atomic E-state index is -0.126. The van der Waals surface area contributed by atoms with Crippen molar-refractivity contribution in [3.8, 4) is 0 Å². The number of ether oxygens (including phenoxy) is 2. The lowest BCUT2D eigenvalue weighted by Gasteiger charge is -2.24. The van der Waals surface area contributed by atoms with Gasteiger partial charge in [-0.2, -0.15) is 0 Å². The third-order valence-corrected chi connectivity index (χ3v) is 1.53. The van der Waals surface area contributed by atoms with E-state index < -0.39 is 0 Å². The standard InChI is InChI=1S/C9H16O2/c1-7(2)10-9-6-4-5-8(3)11-9/h4,6-9H,5H2,1-3H3/t8-,9+/m1/s1. The molecule has 1 aliphatic heterocycles. The fourth-order valence-corrected chi connectivity index (χ4v) is 1.06. The third-order valence-electron chi connectivity index (χ3n) is 1.53. The average Bonchev–Trinajstić information content (AvgIpc) is 1.85. The summed E-state index contributed by atoms with van der Waals surface area (Å²) in [6, 6.07) is 0. The maximum absolute atomic E-state index is 5.49. The summed E-state index contributed by atoms with van der Waals surface area (Å²) >= 11 is 0. The molecule has 2 heteroatoms. The van der Waals surface area contributed by atoms with Crippen LogP contribution in [0.15, 0.2) is 12.2 Å². The van der Waals surface area contributed by atoms with Crippen molar-refractivity contribution in [2.24, 2.45) is 0 Å². The Bertz CT molecular complexity index is 140. The van der Waals surface area contributed by atoms with E-state index in [1.165, 1.54) is 0 Å². The predicted molar refractivity (Wildman–Crippen MR) is 44.3 cm³/mol. The van der Waals surface area contributed by atoms with Crippen LogP contribution in [0.25, 0.3) is 0 Å². The van der Waals surface area contributed by atoms with Gasteiger partial charge in [-0.3, -0.25) is 0 Å². The van der Waals surface area contributed by atoms with E-state index in [-0.39, 0.29) is 12.4 Å². The van der Waals surface area contributed by atoms with Crippen LogP contribution in [0, 0.1) is 0 Å². The summed E-state index contributed by atoms with van der Waals surface area (Å²) in [7, 11) is 0. The van der Waals surface area contributed by atoms with Crippen LogP contribution in [0.3, 0.4) is 0 Å². The van der Waals surface area contributed by atoms with E-state index in [0.717, 1.165) is 6.42 Å². The van der Waals surface area contributed by atoms with Crippen LogP contribution < -0.4 is 0 Å². The van der Waals surface area contributed by atoms with Gasteiger partial charge in [-0.25, -0.2) is 0 Å².